The third kappa shape index (κ3) is 7.87. The Hall–Kier alpha value is -1.32. The Morgan fingerprint density at radius 2 is 1.78 bits per heavy atom. The van der Waals surface area contributed by atoms with Gasteiger partial charge >= 0.3 is 11.9 Å². The molecule has 0 rings (SSSR count). The molecular weight excluding hydrogens is 232 g/mol. The van der Waals surface area contributed by atoms with Crippen LogP contribution in [-0.2, 0) is 19.1 Å². The molecule has 0 fully saturated rings. The fraction of sp³-hybridized carbons (Fsp3) is 0.714. The number of allylic oxidation sites excluding steroid dienone is 1. The van der Waals surface area contributed by atoms with Gasteiger partial charge < -0.3 is 9.47 Å². The molecule has 0 bridgehead atoms. The second-order valence-corrected chi connectivity index (χ2v) is 4.85. The lowest BCUT2D eigenvalue weighted by Crippen LogP contribution is -2.19. The van der Waals surface area contributed by atoms with Crippen LogP contribution in [0.15, 0.2) is 11.6 Å². The van der Waals surface area contributed by atoms with Gasteiger partial charge in [0.1, 0.15) is 6.61 Å². The van der Waals surface area contributed by atoms with Crippen LogP contribution in [0.5, 0.6) is 0 Å². The molecule has 0 aliphatic heterocycles. The maximum atomic E-state index is 11.7. The van der Waals surface area contributed by atoms with Gasteiger partial charge in [0, 0.05) is 6.42 Å². The molecule has 0 aliphatic rings. The number of carbonyl (C=O) groups excluding carboxylic acids is 2. The van der Waals surface area contributed by atoms with E-state index < -0.39 is 5.97 Å². The number of rotatable bonds is 7. The zero-order valence-electron chi connectivity index (χ0n) is 12.0. The Morgan fingerprint density at radius 1 is 1.17 bits per heavy atom. The first-order chi connectivity index (χ1) is 8.36. The van der Waals surface area contributed by atoms with Crippen molar-refractivity contribution in [3.63, 3.8) is 0 Å². The molecule has 4 nitrogen and oxygen atoms in total. The van der Waals surface area contributed by atoms with Crippen molar-refractivity contribution in [1.82, 2.24) is 0 Å². The highest BCUT2D eigenvalue weighted by atomic mass is 16.6. The van der Waals surface area contributed by atoms with Crippen molar-refractivity contribution in [2.75, 3.05) is 6.61 Å². The van der Waals surface area contributed by atoms with E-state index in [1.807, 2.05) is 20.8 Å². The second kappa shape index (κ2) is 8.72. The van der Waals surface area contributed by atoms with Crippen molar-refractivity contribution < 1.29 is 19.1 Å². The lowest BCUT2D eigenvalue weighted by atomic mass is 10.1. The summed E-state index contributed by atoms with van der Waals surface area (Å²) in [4.78, 5) is 23.1. The minimum absolute atomic E-state index is 0.00898. The van der Waals surface area contributed by atoms with Crippen molar-refractivity contribution in [2.24, 2.45) is 5.92 Å². The summed E-state index contributed by atoms with van der Waals surface area (Å²) in [6.45, 7) is 9.36. The second-order valence-electron chi connectivity index (χ2n) is 4.85. The van der Waals surface area contributed by atoms with Gasteiger partial charge in [-0.05, 0) is 26.2 Å². The van der Waals surface area contributed by atoms with Crippen LogP contribution < -0.4 is 0 Å². The van der Waals surface area contributed by atoms with Crippen LogP contribution in [0.3, 0.4) is 0 Å². The molecule has 0 amide bonds. The minimum atomic E-state index is -0.413. The standard InChI is InChI=1S/C14H24O4/c1-6-7-12(14(16)18-11(4)5)9-17-13(15)8-10(2)3/h7,10-11H,6,8-9H2,1-5H3. The molecule has 0 N–H and O–H groups in total. The van der Waals surface area contributed by atoms with E-state index in [-0.39, 0.29) is 24.6 Å². The summed E-state index contributed by atoms with van der Waals surface area (Å²) in [6.07, 6.45) is 2.61. The molecule has 0 heterocycles. The molecule has 0 aliphatic carbocycles. The van der Waals surface area contributed by atoms with Crippen molar-refractivity contribution in [3.8, 4) is 0 Å². The first-order valence-corrected chi connectivity index (χ1v) is 6.42. The molecule has 0 aromatic rings. The van der Waals surface area contributed by atoms with Crippen LogP contribution in [0.4, 0.5) is 0 Å². The highest BCUT2D eigenvalue weighted by Gasteiger charge is 2.15. The van der Waals surface area contributed by atoms with Gasteiger partial charge in [0.15, 0.2) is 0 Å². The third-order valence-electron chi connectivity index (χ3n) is 2.02. The fourth-order valence-corrected chi connectivity index (χ4v) is 1.29. The van der Waals surface area contributed by atoms with Crippen molar-refractivity contribution in [2.45, 2.75) is 53.6 Å². The van der Waals surface area contributed by atoms with Crippen LogP contribution in [0, 0.1) is 5.92 Å². The maximum absolute atomic E-state index is 11.7. The molecule has 18 heavy (non-hydrogen) atoms. The van der Waals surface area contributed by atoms with E-state index in [2.05, 4.69) is 0 Å². The lowest BCUT2D eigenvalue weighted by Gasteiger charge is -2.12. The Balaban J connectivity index is 4.34. The molecule has 0 atom stereocenters. The molecule has 0 spiro atoms. The summed E-state index contributed by atoms with van der Waals surface area (Å²) in [6, 6.07) is 0. The molecule has 0 unspecified atom stereocenters. The molecule has 0 aromatic heterocycles. The van der Waals surface area contributed by atoms with Crippen LogP contribution >= 0.6 is 0 Å². The van der Waals surface area contributed by atoms with E-state index in [4.69, 9.17) is 9.47 Å². The molecule has 4 heteroatoms. The zero-order chi connectivity index (χ0) is 14.1. The molecule has 0 saturated heterocycles. The average Bonchev–Trinajstić information content (AvgIpc) is 2.21. The SMILES string of the molecule is CCC=C(COC(=O)CC(C)C)C(=O)OC(C)C. The van der Waals surface area contributed by atoms with Gasteiger partial charge in [-0.15, -0.1) is 0 Å². The fourth-order valence-electron chi connectivity index (χ4n) is 1.29. The van der Waals surface area contributed by atoms with E-state index in [0.29, 0.717) is 18.4 Å². The zero-order valence-corrected chi connectivity index (χ0v) is 12.0. The van der Waals surface area contributed by atoms with E-state index in [1.165, 1.54) is 0 Å². The van der Waals surface area contributed by atoms with Gasteiger partial charge in [-0.1, -0.05) is 26.8 Å². The first kappa shape index (κ1) is 16.7. The number of hydrogen-bond donors (Lipinski definition) is 0. The molecule has 0 aromatic carbocycles. The van der Waals surface area contributed by atoms with Gasteiger partial charge in [0.2, 0.25) is 0 Å². The Bertz CT molecular complexity index is 303. The predicted octanol–water partition coefficient (Wildman–Crippen LogP) is 2.86. The number of carbonyl (C=O) groups is 2. The van der Waals surface area contributed by atoms with Gasteiger partial charge in [0.05, 0.1) is 11.7 Å². The Morgan fingerprint density at radius 3 is 2.22 bits per heavy atom. The van der Waals surface area contributed by atoms with Crippen LogP contribution in [-0.4, -0.2) is 24.6 Å². The topological polar surface area (TPSA) is 52.6 Å². The Labute approximate surface area is 109 Å². The van der Waals surface area contributed by atoms with E-state index in [9.17, 15) is 9.59 Å². The summed E-state index contributed by atoms with van der Waals surface area (Å²) in [7, 11) is 0. The van der Waals surface area contributed by atoms with Crippen molar-refractivity contribution >= 4 is 11.9 Å². The average molecular weight is 256 g/mol. The smallest absolute Gasteiger partial charge is 0.337 e. The van der Waals surface area contributed by atoms with Crippen LogP contribution in [0.25, 0.3) is 0 Å². The van der Waals surface area contributed by atoms with Gasteiger partial charge in [-0.3, -0.25) is 4.79 Å². The first-order valence-electron chi connectivity index (χ1n) is 6.42. The quantitative estimate of drug-likeness (QED) is 0.519. The Kier molecular flexibility index (Phi) is 8.08. The highest BCUT2D eigenvalue weighted by Crippen LogP contribution is 2.07. The summed E-state index contributed by atoms with van der Waals surface area (Å²) >= 11 is 0. The third-order valence-corrected chi connectivity index (χ3v) is 2.02. The highest BCUT2D eigenvalue weighted by molar-refractivity contribution is 5.89. The predicted molar refractivity (Wildman–Crippen MR) is 70.0 cm³/mol. The normalized spacial score (nSPS) is 11.8. The van der Waals surface area contributed by atoms with Gasteiger partial charge in [-0.25, -0.2) is 4.79 Å². The van der Waals surface area contributed by atoms with Crippen LogP contribution in [0.2, 0.25) is 0 Å². The summed E-state index contributed by atoms with van der Waals surface area (Å²) < 4.78 is 10.1. The van der Waals surface area contributed by atoms with E-state index >= 15 is 0 Å². The summed E-state index contributed by atoms with van der Waals surface area (Å²) in [5, 5.41) is 0. The molecule has 0 saturated carbocycles. The monoisotopic (exact) mass is 256 g/mol. The van der Waals surface area contributed by atoms with Crippen LogP contribution in [0.1, 0.15) is 47.5 Å². The number of hydrogen-bond acceptors (Lipinski definition) is 4. The minimum Gasteiger partial charge on any atom is -0.461 e. The maximum Gasteiger partial charge on any atom is 0.337 e. The number of ether oxygens (including phenoxy) is 2. The van der Waals surface area contributed by atoms with Crippen molar-refractivity contribution in [3.05, 3.63) is 11.6 Å². The van der Waals surface area contributed by atoms with Gasteiger partial charge in [-0.2, -0.15) is 0 Å². The van der Waals surface area contributed by atoms with E-state index in [0.717, 1.165) is 0 Å². The molecular formula is C14H24O4. The van der Waals surface area contributed by atoms with E-state index in [1.54, 1.807) is 19.9 Å². The molecule has 0 radical (unpaired) electrons. The van der Waals surface area contributed by atoms with Gasteiger partial charge in [0.25, 0.3) is 0 Å². The number of esters is 2. The molecule has 104 valence electrons. The van der Waals surface area contributed by atoms with Crippen molar-refractivity contribution in [1.29, 1.82) is 0 Å². The summed E-state index contributed by atoms with van der Waals surface area (Å²) in [5.41, 5.74) is 0.406. The summed E-state index contributed by atoms with van der Waals surface area (Å²) in [5.74, 6) is -0.452. The largest absolute Gasteiger partial charge is 0.461 e. The lowest BCUT2D eigenvalue weighted by molar-refractivity contribution is -0.146.